The molecule has 1 atom stereocenters. The van der Waals surface area contributed by atoms with E-state index in [-0.39, 0.29) is 17.4 Å². The lowest BCUT2D eigenvalue weighted by molar-refractivity contribution is 0.0928. The molecular weight excluding hydrogens is 312 g/mol. The number of hydrogen-bond donors (Lipinski definition) is 1. The first-order valence-electron chi connectivity index (χ1n) is 9.28. The molecule has 2 aromatic rings. The number of nitrogens with one attached hydrogen (secondary N) is 1. The van der Waals surface area contributed by atoms with Crippen LogP contribution in [0.1, 0.15) is 55.2 Å². The van der Waals surface area contributed by atoms with Crippen molar-refractivity contribution in [3.8, 4) is 0 Å². The third-order valence-electron chi connectivity index (χ3n) is 5.46. The number of carbonyl (C=O) groups is 1. The second-order valence-electron chi connectivity index (χ2n) is 8.15. The van der Waals surface area contributed by atoms with Gasteiger partial charge < -0.3 is 10.2 Å². The first-order valence-corrected chi connectivity index (χ1v) is 9.28. The Balaban J connectivity index is 1.79. The van der Waals surface area contributed by atoms with E-state index in [1.807, 2.05) is 17.5 Å². The van der Waals surface area contributed by atoms with Gasteiger partial charge in [0.1, 0.15) is 0 Å². The SMILES string of the molecule is CCN1CCC(NC(=O)c2cnn3c(C)c(C)ccc23)CC(C)(C)C1. The van der Waals surface area contributed by atoms with E-state index >= 15 is 0 Å². The lowest BCUT2D eigenvalue weighted by atomic mass is 9.85. The Labute approximate surface area is 150 Å². The van der Waals surface area contributed by atoms with Gasteiger partial charge in [0, 0.05) is 24.8 Å². The molecule has 0 aromatic carbocycles. The van der Waals surface area contributed by atoms with Crippen molar-refractivity contribution >= 4 is 11.4 Å². The molecule has 0 aliphatic carbocycles. The molecule has 5 heteroatoms. The molecule has 1 aliphatic rings. The van der Waals surface area contributed by atoms with E-state index in [1.165, 1.54) is 5.56 Å². The van der Waals surface area contributed by atoms with Gasteiger partial charge in [-0.05, 0) is 50.3 Å². The number of amides is 1. The van der Waals surface area contributed by atoms with Crippen LogP contribution in [0.3, 0.4) is 0 Å². The van der Waals surface area contributed by atoms with Crippen LogP contribution in [0.2, 0.25) is 0 Å². The fraction of sp³-hybridized carbons (Fsp3) is 0.600. The molecule has 1 aliphatic heterocycles. The number of hydrogen-bond acceptors (Lipinski definition) is 3. The molecule has 0 radical (unpaired) electrons. The van der Waals surface area contributed by atoms with Crippen molar-refractivity contribution in [2.75, 3.05) is 19.6 Å². The van der Waals surface area contributed by atoms with Gasteiger partial charge in [-0.3, -0.25) is 4.79 Å². The molecule has 1 saturated heterocycles. The zero-order valence-corrected chi connectivity index (χ0v) is 16.1. The molecule has 1 unspecified atom stereocenters. The van der Waals surface area contributed by atoms with Gasteiger partial charge in [0.15, 0.2) is 0 Å². The first kappa shape index (κ1) is 17.9. The maximum atomic E-state index is 12.9. The van der Waals surface area contributed by atoms with Crippen molar-refractivity contribution in [2.45, 2.75) is 53.5 Å². The number of fused-ring (bicyclic) bond motifs is 1. The Bertz CT molecular complexity index is 777. The minimum absolute atomic E-state index is 0.0102. The van der Waals surface area contributed by atoms with Crippen LogP contribution in [0.5, 0.6) is 0 Å². The van der Waals surface area contributed by atoms with Crippen molar-refractivity contribution in [1.82, 2.24) is 19.8 Å². The van der Waals surface area contributed by atoms with E-state index in [1.54, 1.807) is 6.20 Å². The number of aryl methyl sites for hydroxylation is 2. The predicted molar refractivity (Wildman–Crippen MR) is 101 cm³/mol. The normalized spacial score (nSPS) is 21.2. The summed E-state index contributed by atoms with van der Waals surface area (Å²) in [5.41, 5.74) is 4.00. The van der Waals surface area contributed by atoms with Gasteiger partial charge in [-0.1, -0.05) is 26.8 Å². The molecule has 0 spiro atoms. The smallest absolute Gasteiger partial charge is 0.255 e. The van der Waals surface area contributed by atoms with Crippen molar-refractivity contribution in [2.24, 2.45) is 5.41 Å². The summed E-state index contributed by atoms with van der Waals surface area (Å²) in [6, 6.07) is 4.25. The molecular formula is C20H30N4O. The van der Waals surface area contributed by atoms with Gasteiger partial charge in [-0.2, -0.15) is 5.10 Å². The second kappa shape index (κ2) is 6.79. The Morgan fingerprint density at radius 3 is 2.84 bits per heavy atom. The first-order chi connectivity index (χ1) is 11.8. The molecule has 136 valence electrons. The highest BCUT2D eigenvalue weighted by Crippen LogP contribution is 2.28. The average molecular weight is 342 g/mol. The van der Waals surface area contributed by atoms with Crippen LogP contribution < -0.4 is 5.32 Å². The van der Waals surface area contributed by atoms with Crippen LogP contribution in [0, 0.1) is 19.3 Å². The minimum Gasteiger partial charge on any atom is -0.349 e. The molecule has 1 N–H and O–H groups in total. The molecule has 1 amide bonds. The summed E-state index contributed by atoms with van der Waals surface area (Å²) in [7, 11) is 0. The van der Waals surface area contributed by atoms with Gasteiger partial charge >= 0.3 is 0 Å². The van der Waals surface area contributed by atoms with Crippen LogP contribution in [0.25, 0.3) is 5.52 Å². The molecule has 25 heavy (non-hydrogen) atoms. The lowest BCUT2D eigenvalue weighted by Gasteiger charge is -2.29. The molecule has 5 nitrogen and oxygen atoms in total. The number of aromatic nitrogens is 2. The maximum Gasteiger partial charge on any atom is 0.255 e. The van der Waals surface area contributed by atoms with E-state index < -0.39 is 0 Å². The number of nitrogens with zero attached hydrogens (tertiary/aromatic N) is 3. The number of carbonyl (C=O) groups excluding carboxylic acids is 1. The Hall–Kier alpha value is -1.88. The van der Waals surface area contributed by atoms with Gasteiger partial charge in [-0.15, -0.1) is 0 Å². The summed E-state index contributed by atoms with van der Waals surface area (Å²) in [4.78, 5) is 15.4. The third-order valence-corrected chi connectivity index (χ3v) is 5.46. The highest BCUT2D eigenvalue weighted by Gasteiger charge is 2.30. The minimum atomic E-state index is -0.0102. The third kappa shape index (κ3) is 3.71. The van der Waals surface area contributed by atoms with Gasteiger partial charge in [0.05, 0.1) is 17.3 Å². The van der Waals surface area contributed by atoms with E-state index in [0.717, 1.165) is 43.7 Å². The number of likely N-dealkylation sites (tertiary alicyclic amines) is 1. The van der Waals surface area contributed by atoms with Crippen LogP contribution in [-0.4, -0.2) is 46.1 Å². The standard InChI is InChI=1S/C20H30N4O/c1-6-23-10-9-16(11-20(4,5)13-23)22-19(25)17-12-21-24-15(3)14(2)7-8-18(17)24/h7-8,12,16H,6,9-11,13H2,1-5H3,(H,22,25). The topological polar surface area (TPSA) is 49.6 Å². The highest BCUT2D eigenvalue weighted by atomic mass is 16.1. The van der Waals surface area contributed by atoms with Crippen LogP contribution in [-0.2, 0) is 0 Å². The summed E-state index contributed by atoms with van der Waals surface area (Å²) >= 11 is 0. The van der Waals surface area contributed by atoms with Crippen molar-refractivity contribution in [3.63, 3.8) is 0 Å². The van der Waals surface area contributed by atoms with E-state index in [0.29, 0.717) is 5.56 Å². The molecule has 3 rings (SSSR count). The zero-order chi connectivity index (χ0) is 18.2. The van der Waals surface area contributed by atoms with E-state index in [9.17, 15) is 4.79 Å². The zero-order valence-electron chi connectivity index (χ0n) is 16.1. The largest absolute Gasteiger partial charge is 0.349 e. The van der Waals surface area contributed by atoms with Gasteiger partial charge in [-0.25, -0.2) is 4.52 Å². The Morgan fingerprint density at radius 1 is 1.36 bits per heavy atom. The Kier molecular flexibility index (Phi) is 4.87. The fourth-order valence-electron chi connectivity index (χ4n) is 3.96. The van der Waals surface area contributed by atoms with Crippen LogP contribution in [0.4, 0.5) is 0 Å². The van der Waals surface area contributed by atoms with Crippen molar-refractivity contribution in [3.05, 3.63) is 35.2 Å². The van der Waals surface area contributed by atoms with Crippen LogP contribution in [0.15, 0.2) is 18.3 Å². The van der Waals surface area contributed by atoms with Crippen LogP contribution >= 0.6 is 0 Å². The Morgan fingerprint density at radius 2 is 2.12 bits per heavy atom. The summed E-state index contributed by atoms with van der Waals surface area (Å²) < 4.78 is 1.86. The van der Waals surface area contributed by atoms with Gasteiger partial charge in [0.2, 0.25) is 0 Å². The van der Waals surface area contributed by atoms with E-state index in [2.05, 4.69) is 49.1 Å². The van der Waals surface area contributed by atoms with Crippen molar-refractivity contribution in [1.29, 1.82) is 0 Å². The average Bonchev–Trinajstić information content (AvgIpc) is 2.92. The lowest BCUT2D eigenvalue weighted by Crippen LogP contribution is -2.37. The molecule has 1 fully saturated rings. The van der Waals surface area contributed by atoms with Crippen molar-refractivity contribution < 1.29 is 4.79 Å². The fourth-order valence-corrected chi connectivity index (χ4v) is 3.96. The molecule has 0 saturated carbocycles. The van der Waals surface area contributed by atoms with E-state index in [4.69, 9.17) is 0 Å². The molecule has 2 aromatic heterocycles. The summed E-state index contributed by atoms with van der Waals surface area (Å²) in [6.45, 7) is 14.1. The molecule has 0 bridgehead atoms. The highest BCUT2D eigenvalue weighted by molar-refractivity contribution is 6.00. The monoisotopic (exact) mass is 342 g/mol. The summed E-state index contributed by atoms with van der Waals surface area (Å²) in [5, 5.41) is 7.68. The molecule has 3 heterocycles. The number of pyridine rings is 1. The number of rotatable bonds is 3. The summed E-state index contributed by atoms with van der Waals surface area (Å²) in [5.74, 6) is -0.0102. The summed E-state index contributed by atoms with van der Waals surface area (Å²) in [6.07, 6.45) is 3.70. The maximum absolute atomic E-state index is 12.9. The second-order valence-corrected chi connectivity index (χ2v) is 8.15. The quantitative estimate of drug-likeness (QED) is 0.932. The van der Waals surface area contributed by atoms with Gasteiger partial charge in [0.25, 0.3) is 5.91 Å². The predicted octanol–water partition coefficient (Wildman–Crippen LogP) is 3.19.